The summed E-state index contributed by atoms with van der Waals surface area (Å²) in [5.74, 6) is -0.972. The summed E-state index contributed by atoms with van der Waals surface area (Å²) in [6, 6.07) is 7.31. The maximum atomic E-state index is 11.8. The number of alkyl halides is 2. The monoisotopic (exact) mass is 344 g/mol. The Bertz CT molecular complexity index is 587. The van der Waals surface area contributed by atoms with Crippen LogP contribution in [0.25, 0.3) is 0 Å². The Morgan fingerprint density at radius 2 is 1.82 bits per heavy atom. The third-order valence-corrected chi connectivity index (χ3v) is 4.81. The molecule has 0 aliphatic heterocycles. The molecule has 1 aromatic rings. The van der Waals surface area contributed by atoms with Crippen LogP contribution >= 0.6 is 23.2 Å². The van der Waals surface area contributed by atoms with Crippen molar-refractivity contribution < 1.29 is 14.3 Å². The minimum Gasteiger partial charge on any atom is -0.455 e. The first-order valence-corrected chi connectivity index (χ1v) is 7.54. The largest absolute Gasteiger partial charge is 0.455 e. The van der Waals surface area contributed by atoms with Crippen LogP contribution in [-0.2, 0) is 14.3 Å². The number of rotatable bonds is 5. The maximum absolute atomic E-state index is 11.8. The van der Waals surface area contributed by atoms with Gasteiger partial charge >= 0.3 is 5.97 Å². The van der Waals surface area contributed by atoms with E-state index in [9.17, 15) is 9.59 Å². The molecule has 120 valence electrons. The number of anilines is 2. The Hall–Kier alpha value is -1.46. The Morgan fingerprint density at radius 1 is 1.27 bits per heavy atom. The Balaban J connectivity index is 1.82. The highest BCUT2D eigenvalue weighted by molar-refractivity contribution is 6.53. The van der Waals surface area contributed by atoms with Gasteiger partial charge in [0.2, 0.25) is 0 Å². The average Bonchev–Trinajstić information content (AvgIpc) is 2.97. The molecule has 1 aliphatic rings. The first-order chi connectivity index (χ1) is 10.2. The Labute approximate surface area is 139 Å². The zero-order chi connectivity index (χ0) is 16.5. The number of nitrogens with zero attached hydrogens (tertiary/aromatic N) is 1. The van der Waals surface area contributed by atoms with Crippen LogP contribution in [-0.4, -0.2) is 36.9 Å². The number of carbonyl (C=O) groups is 2. The lowest BCUT2D eigenvalue weighted by molar-refractivity contribution is -0.152. The summed E-state index contributed by atoms with van der Waals surface area (Å²) in [4.78, 5) is 25.6. The SMILES string of the molecule is CN(C)c1ccc(NC(=O)COC(=O)[C@@]2(C)CC2(Cl)Cl)cc1. The van der Waals surface area contributed by atoms with E-state index >= 15 is 0 Å². The zero-order valence-electron chi connectivity index (χ0n) is 12.7. The predicted octanol–water partition coefficient (Wildman–Crippen LogP) is 2.82. The molecule has 1 amide bonds. The fourth-order valence-corrected chi connectivity index (χ4v) is 2.64. The molecule has 0 aromatic heterocycles. The molecular formula is C15H18Cl2N2O3. The van der Waals surface area contributed by atoms with Gasteiger partial charge in [0.25, 0.3) is 5.91 Å². The molecule has 1 saturated carbocycles. The van der Waals surface area contributed by atoms with Crippen LogP contribution in [0.5, 0.6) is 0 Å². The van der Waals surface area contributed by atoms with Crippen LogP contribution in [0.15, 0.2) is 24.3 Å². The summed E-state index contributed by atoms with van der Waals surface area (Å²) in [6.07, 6.45) is 0.329. The van der Waals surface area contributed by atoms with Crippen molar-refractivity contribution in [1.29, 1.82) is 0 Å². The lowest BCUT2D eigenvalue weighted by Gasteiger charge is -2.14. The molecule has 0 radical (unpaired) electrons. The summed E-state index contributed by atoms with van der Waals surface area (Å²) >= 11 is 11.8. The van der Waals surface area contributed by atoms with Gasteiger partial charge < -0.3 is 15.0 Å². The van der Waals surface area contributed by atoms with Gasteiger partial charge in [-0.2, -0.15) is 0 Å². The van der Waals surface area contributed by atoms with E-state index < -0.39 is 21.6 Å². The van der Waals surface area contributed by atoms with Crippen molar-refractivity contribution in [3.05, 3.63) is 24.3 Å². The van der Waals surface area contributed by atoms with Gasteiger partial charge in [0.05, 0.1) is 0 Å². The van der Waals surface area contributed by atoms with Crippen LogP contribution in [0.2, 0.25) is 0 Å². The van der Waals surface area contributed by atoms with E-state index in [0.717, 1.165) is 5.69 Å². The zero-order valence-corrected chi connectivity index (χ0v) is 14.2. The summed E-state index contributed by atoms with van der Waals surface area (Å²) in [5, 5.41) is 2.66. The number of ether oxygens (including phenoxy) is 1. The van der Waals surface area contributed by atoms with Crippen LogP contribution in [0.4, 0.5) is 11.4 Å². The van der Waals surface area contributed by atoms with E-state index in [1.807, 2.05) is 31.1 Å². The number of carbonyl (C=O) groups excluding carboxylic acids is 2. The van der Waals surface area contributed by atoms with Gasteiger partial charge in [0.1, 0.15) is 9.75 Å². The number of hydrogen-bond acceptors (Lipinski definition) is 4. The quantitative estimate of drug-likeness (QED) is 0.659. The van der Waals surface area contributed by atoms with Crippen LogP contribution in [0.3, 0.4) is 0 Å². The normalized spacial score (nSPS) is 21.9. The average molecular weight is 345 g/mol. The number of hydrogen-bond donors (Lipinski definition) is 1. The highest BCUT2D eigenvalue weighted by Crippen LogP contribution is 2.64. The van der Waals surface area contributed by atoms with Crippen LogP contribution in [0.1, 0.15) is 13.3 Å². The molecule has 22 heavy (non-hydrogen) atoms. The lowest BCUT2D eigenvalue weighted by atomic mass is 10.1. The molecule has 5 nitrogen and oxygen atoms in total. The fourth-order valence-electron chi connectivity index (χ4n) is 1.95. The summed E-state index contributed by atoms with van der Waals surface area (Å²) in [6.45, 7) is 1.25. The second kappa shape index (κ2) is 5.97. The van der Waals surface area contributed by atoms with Crippen molar-refractivity contribution in [1.82, 2.24) is 0 Å². The van der Waals surface area contributed by atoms with Crippen LogP contribution in [0, 0.1) is 5.41 Å². The molecule has 0 unspecified atom stereocenters. The van der Waals surface area contributed by atoms with Gasteiger partial charge in [-0.3, -0.25) is 9.59 Å². The molecule has 0 spiro atoms. The third kappa shape index (κ3) is 3.47. The molecule has 1 aliphatic carbocycles. The van der Waals surface area contributed by atoms with Gasteiger partial charge in [-0.1, -0.05) is 0 Å². The van der Waals surface area contributed by atoms with Crippen molar-refractivity contribution >= 4 is 46.5 Å². The van der Waals surface area contributed by atoms with Gasteiger partial charge in [-0.05, 0) is 31.2 Å². The fraction of sp³-hybridized carbons (Fsp3) is 0.467. The molecule has 1 atom stereocenters. The first-order valence-electron chi connectivity index (χ1n) is 6.78. The second-order valence-electron chi connectivity index (χ2n) is 5.78. The highest BCUT2D eigenvalue weighted by Gasteiger charge is 2.69. The molecular weight excluding hydrogens is 327 g/mol. The van der Waals surface area contributed by atoms with E-state index in [4.69, 9.17) is 27.9 Å². The van der Waals surface area contributed by atoms with Gasteiger partial charge in [-0.25, -0.2) is 0 Å². The van der Waals surface area contributed by atoms with Gasteiger partial charge in [0, 0.05) is 31.9 Å². The smallest absolute Gasteiger partial charge is 0.315 e. The highest BCUT2D eigenvalue weighted by atomic mass is 35.5. The van der Waals surface area contributed by atoms with E-state index in [1.54, 1.807) is 19.1 Å². The molecule has 0 saturated heterocycles. The van der Waals surface area contributed by atoms with Crippen molar-refractivity contribution in [3.63, 3.8) is 0 Å². The molecule has 1 aromatic carbocycles. The van der Waals surface area contributed by atoms with E-state index in [1.165, 1.54) is 0 Å². The van der Waals surface area contributed by atoms with Crippen molar-refractivity contribution in [3.8, 4) is 0 Å². The first kappa shape index (κ1) is 16.9. The van der Waals surface area contributed by atoms with Crippen molar-refractivity contribution in [2.45, 2.75) is 17.7 Å². The number of amides is 1. The van der Waals surface area contributed by atoms with Gasteiger partial charge in [0.15, 0.2) is 6.61 Å². The lowest BCUT2D eigenvalue weighted by Crippen LogP contribution is -2.26. The van der Waals surface area contributed by atoms with E-state index in [0.29, 0.717) is 12.1 Å². The predicted molar refractivity (Wildman–Crippen MR) is 87.5 cm³/mol. The van der Waals surface area contributed by atoms with Gasteiger partial charge in [-0.15, -0.1) is 23.2 Å². The summed E-state index contributed by atoms with van der Waals surface area (Å²) < 4.78 is 3.88. The molecule has 0 bridgehead atoms. The summed E-state index contributed by atoms with van der Waals surface area (Å²) in [7, 11) is 3.86. The Kier molecular flexibility index (Phi) is 4.59. The van der Waals surface area contributed by atoms with Crippen LogP contribution < -0.4 is 10.2 Å². The third-order valence-electron chi connectivity index (χ3n) is 3.71. The van der Waals surface area contributed by atoms with Crippen molar-refractivity contribution in [2.24, 2.45) is 5.41 Å². The standard InChI is InChI=1S/C15H18Cl2N2O3/c1-14(9-15(14,16)17)13(21)22-8-12(20)18-10-4-6-11(7-5-10)19(2)3/h4-7H,8-9H2,1-3H3,(H,18,20)/t14-/m1/s1. The number of esters is 1. The topological polar surface area (TPSA) is 58.6 Å². The minimum atomic E-state index is -1.09. The van der Waals surface area contributed by atoms with E-state index in [-0.39, 0.29) is 6.61 Å². The molecule has 1 fully saturated rings. The maximum Gasteiger partial charge on any atom is 0.315 e. The molecule has 0 heterocycles. The molecule has 1 N–H and O–H groups in total. The molecule has 7 heteroatoms. The number of benzene rings is 1. The molecule has 2 rings (SSSR count). The number of halogens is 2. The Morgan fingerprint density at radius 3 is 2.27 bits per heavy atom. The number of nitrogens with one attached hydrogen (secondary N) is 1. The minimum absolute atomic E-state index is 0.329. The van der Waals surface area contributed by atoms with Crippen molar-refractivity contribution in [2.75, 3.05) is 30.9 Å². The second-order valence-corrected chi connectivity index (χ2v) is 7.26. The van der Waals surface area contributed by atoms with E-state index in [2.05, 4.69) is 5.32 Å². The summed E-state index contributed by atoms with van der Waals surface area (Å²) in [5.41, 5.74) is 0.726.